The monoisotopic (exact) mass is 250 g/mol. The maximum absolute atomic E-state index is 3.71. The first-order valence-corrected chi connectivity index (χ1v) is 8.41. The van der Waals surface area contributed by atoms with Crippen LogP contribution in [0.4, 0.5) is 0 Å². The van der Waals surface area contributed by atoms with Gasteiger partial charge in [-0.15, -0.1) is 0 Å². The molecular formula is C16H30N2. The highest BCUT2D eigenvalue weighted by molar-refractivity contribution is 4.87. The Morgan fingerprint density at radius 2 is 1.44 bits per heavy atom. The zero-order valence-electron chi connectivity index (χ0n) is 11.9. The van der Waals surface area contributed by atoms with Crippen LogP contribution >= 0.6 is 0 Å². The lowest BCUT2D eigenvalue weighted by atomic mass is 9.87. The molecule has 0 bridgehead atoms. The van der Waals surface area contributed by atoms with Gasteiger partial charge in [0, 0.05) is 12.1 Å². The van der Waals surface area contributed by atoms with Crippen molar-refractivity contribution in [3.63, 3.8) is 0 Å². The lowest BCUT2D eigenvalue weighted by Crippen LogP contribution is -2.45. The molecule has 2 heterocycles. The van der Waals surface area contributed by atoms with E-state index in [0.29, 0.717) is 0 Å². The average molecular weight is 250 g/mol. The molecule has 0 amide bonds. The summed E-state index contributed by atoms with van der Waals surface area (Å²) in [4.78, 5) is 2.83. The van der Waals surface area contributed by atoms with Gasteiger partial charge in [-0.1, -0.05) is 25.7 Å². The van der Waals surface area contributed by atoms with Crippen molar-refractivity contribution in [2.45, 2.75) is 76.3 Å². The van der Waals surface area contributed by atoms with Gasteiger partial charge in [0.2, 0.25) is 0 Å². The second-order valence-electron chi connectivity index (χ2n) is 6.72. The van der Waals surface area contributed by atoms with E-state index in [-0.39, 0.29) is 0 Å². The normalized spacial score (nSPS) is 33.7. The summed E-state index contributed by atoms with van der Waals surface area (Å²) in [5.41, 5.74) is 0. The summed E-state index contributed by atoms with van der Waals surface area (Å²) < 4.78 is 0. The Labute approximate surface area is 113 Å². The maximum atomic E-state index is 3.71. The van der Waals surface area contributed by atoms with E-state index in [1.807, 2.05) is 0 Å². The van der Waals surface area contributed by atoms with E-state index in [1.165, 1.54) is 83.8 Å². The second kappa shape index (κ2) is 6.38. The molecule has 1 aliphatic carbocycles. The summed E-state index contributed by atoms with van der Waals surface area (Å²) in [7, 11) is 0. The Balaban J connectivity index is 1.46. The summed E-state index contributed by atoms with van der Waals surface area (Å²) in [6, 6.07) is 1.80. The van der Waals surface area contributed by atoms with Crippen molar-refractivity contribution in [1.29, 1.82) is 0 Å². The van der Waals surface area contributed by atoms with Crippen LogP contribution in [0, 0.1) is 5.92 Å². The number of rotatable bonds is 2. The quantitative estimate of drug-likeness (QED) is 0.757. The molecule has 104 valence electrons. The third-order valence-electron chi connectivity index (χ3n) is 5.58. The number of nitrogens with one attached hydrogen (secondary N) is 1. The highest BCUT2D eigenvalue weighted by Crippen LogP contribution is 2.29. The zero-order valence-corrected chi connectivity index (χ0v) is 11.9. The van der Waals surface area contributed by atoms with Crippen molar-refractivity contribution in [3.8, 4) is 0 Å². The molecule has 0 aromatic heterocycles. The molecular weight excluding hydrogens is 220 g/mol. The largest absolute Gasteiger partial charge is 0.314 e. The molecule has 0 aromatic carbocycles. The maximum Gasteiger partial charge on any atom is 0.00967 e. The minimum absolute atomic E-state index is 0.862. The van der Waals surface area contributed by atoms with Gasteiger partial charge in [-0.25, -0.2) is 0 Å². The van der Waals surface area contributed by atoms with Crippen molar-refractivity contribution in [3.05, 3.63) is 0 Å². The second-order valence-corrected chi connectivity index (χ2v) is 6.72. The third kappa shape index (κ3) is 3.08. The topological polar surface area (TPSA) is 15.3 Å². The van der Waals surface area contributed by atoms with E-state index in [1.54, 1.807) is 0 Å². The fraction of sp³-hybridized carbons (Fsp3) is 1.00. The minimum Gasteiger partial charge on any atom is -0.314 e. The fourth-order valence-corrected chi connectivity index (χ4v) is 4.42. The van der Waals surface area contributed by atoms with Gasteiger partial charge >= 0.3 is 0 Å². The number of hydrogen-bond donors (Lipinski definition) is 1. The van der Waals surface area contributed by atoms with Gasteiger partial charge in [0.25, 0.3) is 0 Å². The molecule has 1 saturated carbocycles. The SMILES string of the molecule is C1CCCC(N2CCC(C3CCCN3)CC2)CC1. The first-order chi connectivity index (χ1) is 8.93. The molecule has 2 saturated heterocycles. The molecule has 18 heavy (non-hydrogen) atoms. The molecule has 1 unspecified atom stereocenters. The number of nitrogens with zero attached hydrogens (tertiary/aromatic N) is 1. The molecule has 1 atom stereocenters. The standard InChI is InChI=1S/C16H30N2/c1-2-4-7-15(6-3-1)18-12-9-14(10-13-18)16-8-5-11-17-16/h14-17H,1-13H2. The summed E-state index contributed by atoms with van der Waals surface area (Å²) in [5, 5.41) is 3.71. The van der Waals surface area contributed by atoms with Crippen molar-refractivity contribution < 1.29 is 0 Å². The Hall–Kier alpha value is -0.0800. The van der Waals surface area contributed by atoms with E-state index in [0.717, 1.165) is 18.0 Å². The summed E-state index contributed by atoms with van der Waals surface area (Å²) in [5.74, 6) is 0.981. The average Bonchev–Trinajstić information content (AvgIpc) is 2.82. The van der Waals surface area contributed by atoms with Gasteiger partial charge in [0.05, 0.1) is 0 Å². The fourth-order valence-electron chi connectivity index (χ4n) is 4.42. The van der Waals surface area contributed by atoms with Gasteiger partial charge in [-0.2, -0.15) is 0 Å². The third-order valence-corrected chi connectivity index (χ3v) is 5.58. The highest BCUT2D eigenvalue weighted by Gasteiger charge is 2.30. The van der Waals surface area contributed by atoms with Gasteiger partial charge < -0.3 is 10.2 Å². The highest BCUT2D eigenvalue weighted by atomic mass is 15.2. The first kappa shape index (κ1) is 12.9. The van der Waals surface area contributed by atoms with Crippen LogP contribution < -0.4 is 5.32 Å². The van der Waals surface area contributed by atoms with Crippen LogP contribution in [0.1, 0.15) is 64.2 Å². The van der Waals surface area contributed by atoms with E-state index in [9.17, 15) is 0 Å². The molecule has 0 spiro atoms. The van der Waals surface area contributed by atoms with Crippen molar-refractivity contribution >= 4 is 0 Å². The predicted molar refractivity (Wildman–Crippen MR) is 76.8 cm³/mol. The van der Waals surface area contributed by atoms with Gasteiger partial charge in [0.1, 0.15) is 0 Å². The molecule has 2 aliphatic heterocycles. The summed E-state index contributed by atoms with van der Waals surface area (Å²) in [6.45, 7) is 4.04. The van der Waals surface area contributed by atoms with Crippen molar-refractivity contribution in [2.75, 3.05) is 19.6 Å². The first-order valence-electron chi connectivity index (χ1n) is 8.41. The van der Waals surface area contributed by atoms with Gasteiger partial charge in [-0.05, 0) is 64.1 Å². The summed E-state index contributed by atoms with van der Waals surface area (Å²) in [6.07, 6.45) is 14.6. The Bertz CT molecular complexity index is 231. The smallest absolute Gasteiger partial charge is 0.00967 e. The lowest BCUT2D eigenvalue weighted by molar-refractivity contribution is 0.110. The van der Waals surface area contributed by atoms with Crippen LogP contribution in [0.15, 0.2) is 0 Å². The number of piperidine rings is 1. The van der Waals surface area contributed by atoms with Crippen LogP contribution in [0.5, 0.6) is 0 Å². The van der Waals surface area contributed by atoms with Gasteiger partial charge in [0.15, 0.2) is 0 Å². The summed E-state index contributed by atoms with van der Waals surface area (Å²) >= 11 is 0. The van der Waals surface area contributed by atoms with Gasteiger partial charge in [-0.3, -0.25) is 0 Å². The Morgan fingerprint density at radius 3 is 2.06 bits per heavy atom. The zero-order chi connectivity index (χ0) is 12.2. The minimum atomic E-state index is 0.862. The van der Waals surface area contributed by atoms with Crippen LogP contribution in [0.2, 0.25) is 0 Å². The van der Waals surface area contributed by atoms with E-state index in [4.69, 9.17) is 0 Å². The van der Waals surface area contributed by atoms with Crippen molar-refractivity contribution in [2.24, 2.45) is 5.92 Å². The van der Waals surface area contributed by atoms with E-state index in [2.05, 4.69) is 10.2 Å². The Kier molecular flexibility index (Phi) is 4.58. The van der Waals surface area contributed by atoms with Crippen LogP contribution in [0.25, 0.3) is 0 Å². The van der Waals surface area contributed by atoms with Crippen LogP contribution in [-0.2, 0) is 0 Å². The number of hydrogen-bond acceptors (Lipinski definition) is 2. The molecule has 1 N–H and O–H groups in total. The predicted octanol–water partition coefficient (Wildman–Crippen LogP) is 3.17. The molecule has 3 aliphatic rings. The van der Waals surface area contributed by atoms with Crippen molar-refractivity contribution in [1.82, 2.24) is 10.2 Å². The lowest BCUT2D eigenvalue weighted by Gasteiger charge is -2.39. The van der Waals surface area contributed by atoms with E-state index >= 15 is 0 Å². The van der Waals surface area contributed by atoms with Crippen LogP contribution in [-0.4, -0.2) is 36.6 Å². The Morgan fingerprint density at radius 1 is 0.722 bits per heavy atom. The van der Waals surface area contributed by atoms with E-state index < -0.39 is 0 Å². The molecule has 2 nitrogen and oxygen atoms in total. The number of likely N-dealkylation sites (tertiary alicyclic amines) is 1. The molecule has 3 rings (SSSR count). The molecule has 2 heteroatoms. The molecule has 3 fully saturated rings. The molecule has 0 aromatic rings. The molecule has 0 radical (unpaired) electrons. The van der Waals surface area contributed by atoms with Crippen LogP contribution in [0.3, 0.4) is 0 Å².